The summed E-state index contributed by atoms with van der Waals surface area (Å²) in [6.45, 7) is 14.3. The fraction of sp³-hybridized carbons (Fsp3) is 1.00. The lowest BCUT2D eigenvalue weighted by molar-refractivity contribution is 0.157. The normalized spacial score (nSPS) is 41.8. The van der Waals surface area contributed by atoms with Gasteiger partial charge in [0.2, 0.25) is 0 Å². The maximum Gasteiger partial charge on any atom is 0.00730 e. The molecular weight excluding hydrogens is 292 g/mol. The molecule has 4 bridgehead atoms. The minimum atomic E-state index is 0.531. The summed E-state index contributed by atoms with van der Waals surface area (Å²) in [4.78, 5) is 0. The standard InChI is InChI=1S/2C11H21N/c2*1-11(2,3)8-6-9-4-5-10(7-8)12-9/h2*8-10,12H,4-7H2,1-3H3. The van der Waals surface area contributed by atoms with Gasteiger partial charge in [0.1, 0.15) is 0 Å². The van der Waals surface area contributed by atoms with E-state index in [-0.39, 0.29) is 0 Å². The summed E-state index contributed by atoms with van der Waals surface area (Å²) < 4.78 is 0. The Labute approximate surface area is 150 Å². The van der Waals surface area contributed by atoms with Crippen LogP contribution in [0.5, 0.6) is 0 Å². The minimum Gasteiger partial charge on any atom is -0.311 e. The molecule has 2 nitrogen and oxygen atoms in total. The molecule has 0 aliphatic carbocycles. The van der Waals surface area contributed by atoms with Crippen LogP contribution in [0.3, 0.4) is 0 Å². The Hall–Kier alpha value is -0.0800. The van der Waals surface area contributed by atoms with Crippen LogP contribution >= 0.6 is 0 Å². The largest absolute Gasteiger partial charge is 0.311 e. The topological polar surface area (TPSA) is 24.1 Å². The molecule has 0 aromatic rings. The average Bonchev–Trinajstić information content (AvgIpc) is 2.99. The zero-order valence-corrected chi connectivity index (χ0v) is 17.1. The van der Waals surface area contributed by atoms with Crippen molar-refractivity contribution in [1.82, 2.24) is 10.6 Å². The third-order valence-electron chi connectivity index (χ3n) is 7.40. The van der Waals surface area contributed by atoms with Gasteiger partial charge in [-0.25, -0.2) is 0 Å². The van der Waals surface area contributed by atoms with E-state index in [4.69, 9.17) is 0 Å². The summed E-state index contributed by atoms with van der Waals surface area (Å²) >= 11 is 0. The van der Waals surface area contributed by atoms with Gasteiger partial charge in [-0.3, -0.25) is 0 Å². The Balaban J connectivity index is 0.000000141. The van der Waals surface area contributed by atoms with E-state index >= 15 is 0 Å². The summed E-state index contributed by atoms with van der Waals surface area (Å²) in [5.41, 5.74) is 1.06. The number of nitrogens with one attached hydrogen (secondary N) is 2. The zero-order chi connectivity index (χ0) is 17.5. The second kappa shape index (κ2) is 6.91. The first-order valence-corrected chi connectivity index (χ1v) is 10.6. The first-order chi connectivity index (χ1) is 11.1. The molecular formula is C22H42N2. The van der Waals surface area contributed by atoms with Crippen LogP contribution in [0, 0.1) is 22.7 Å². The van der Waals surface area contributed by atoms with Crippen molar-refractivity contribution in [2.24, 2.45) is 22.7 Å². The molecule has 0 saturated carbocycles. The molecule has 4 fully saturated rings. The molecule has 4 saturated heterocycles. The van der Waals surface area contributed by atoms with Crippen LogP contribution in [0.15, 0.2) is 0 Å². The Morgan fingerprint density at radius 2 is 0.750 bits per heavy atom. The van der Waals surface area contributed by atoms with Crippen molar-refractivity contribution >= 4 is 0 Å². The van der Waals surface area contributed by atoms with Crippen LogP contribution in [0.4, 0.5) is 0 Å². The Bertz CT molecular complexity index is 353. The van der Waals surface area contributed by atoms with Crippen LogP contribution in [-0.4, -0.2) is 24.2 Å². The van der Waals surface area contributed by atoms with Gasteiger partial charge in [0.15, 0.2) is 0 Å². The first-order valence-electron chi connectivity index (χ1n) is 10.6. The first kappa shape index (κ1) is 18.7. The van der Waals surface area contributed by atoms with Gasteiger partial charge in [0, 0.05) is 24.2 Å². The molecule has 2 heteroatoms. The second-order valence-corrected chi connectivity index (χ2v) is 11.3. The van der Waals surface area contributed by atoms with Gasteiger partial charge in [0.05, 0.1) is 0 Å². The highest BCUT2D eigenvalue weighted by atomic mass is 15.0. The van der Waals surface area contributed by atoms with E-state index in [1.54, 1.807) is 0 Å². The van der Waals surface area contributed by atoms with Crippen LogP contribution < -0.4 is 10.6 Å². The molecule has 4 heterocycles. The van der Waals surface area contributed by atoms with E-state index in [1.165, 1.54) is 51.4 Å². The molecule has 4 rings (SSSR count). The van der Waals surface area contributed by atoms with E-state index in [0.29, 0.717) is 10.8 Å². The lowest BCUT2D eigenvalue weighted by atomic mass is 9.73. The lowest BCUT2D eigenvalue weighted by Gasteiger charge is -2.37. The van der Waals surface area contributed by atoms with Gasteiger partial charge >= 0.3 is 0 Å². The second-order valence-electron chi connectivity index (χ2n) is 11.3. The fourth-order valence-electron chi connectivity index (χ4n) is 5.53. The van der Waals surface area contributed by atoms with Crippen LogP contribution in [-0.2, 0) is 0 Å². The highest BCUT2D eigenvalue weighted by molar-refractivity contribution is 4.96. The van der Waals surface area contributed by atoms with Crippen LogP contribution in [0.25, 0.3) is 0 Å². The number of hydrogen-bond donors (Lipinski definition) is 2. The minimum absolute atomic E-state index is 0.531. The van der Waals surface area contributed by atoms with Gasteiger partial charge in [0.25, 0.3) is 0 Å². The SMILES string of the molecule is CC(C)(C)C1CC2CCC(C1)N2.CC(C)(C)C1CC2CCC(C1)N2. The molecule has 24 heavy (non-hydrogen) atoms. The van der Waals surface area contributed by atoms with Crippen molar-refractivity contribution in [2.45, 2.75) is 117 Å². The summed E-state index contributed by atoms with van der Waals surface area (Å²) in [5, 5.41) is 7.38. The van der Waals surface area contributed by atoms with Gasteiger partial charge < -0.3 is 10.6 Å². The van der Waals surface area contributed by atoms with E-state index in [2.05, 4.69) is 52.2 Å². The average molecular weight is 335 g/mol. The molecule has 2 N–H and O–H groups in total. The smallest absolute Gasteiger partial charge is 0.00730 e. The number of rotatable bonds is 0. The zero-order valence-electron chi connectivity index (χ0n) is 17.1. The van der Waals surface area contributed by atoms with E-state index in [0.717, 1.165) is 36.0 Å². The number of fused-ring (bicyclic) bond motifs is 4. The van der Waals surface area contributed by atoms with Gasteiger partial charge in [-0.2, -0.15) is 0 Å². The fourth-order valence-corrected chi connectivity index (χ4v) is 5.53. The Morgan fingerprint density at radius 1 is 0.500 bits per heavy atom. The molecule has 0 aromatic carbocycles. The van der Waals surface area contributed by atoms with Gasteiger partial charge in [-0.1, -0.05) is 41.5 Å². The van der Waals surface area contributed by atoms with Crippen LogP contribution in [0.1, 0.15) is 92.9 Å². The molecule has 0 radical (unpaired) electrons. The lowest BCUT2D eigenvalue weighted by Crippen LogP contribution is -2.41. The Kier molecular flexibility index (Phi) is 5.39. The van der Waals surface area contributed by atoms with Crippen molar-refractivity contribution < 1.29 is 0 Å². The summed E-state index contributed by atoms with van der Waals surface area (Å²) in [6, 6.07) is 3.42. The third kappa shape index (κ3) is 4.55. The van der Waals surface area contributed by atoms with Crippen molar-refractivity contribution in [3.63, 3.8) is 0 Å². The molecule has 0 amide bonds. The summed E-state index contributed by atoms with van der Waals surface area (Å²) in [6.07, 6.45) is 11.4. The van der Waals surface area contributed by atoms with Gasteiger partial charge in [-0.05, 0) is 74.0 Å². The van der Waals surface area contributed by atoms with Crippen LogP contribution in [0.2, 0.25) is 0 Å². The predicted octanol–water partition coefficient (Wildman–Crippen LogP) is 5.13. The highest BCUT2D eigenvalue weighted by Gasteiger charge is 2.39. The monoisotopic (exact) mass is 334 g/mol. The van der Waals surface area contributed by atoms with E-state index in [9.17, 15) is 0 Å². The maximum absolute atomic E-state index is 3.69. The molecule has 140 valence electrons. The number of hydrogen-bond acceptors (Lipinski definition) is 2. The number of piperidine rings is 2. The third-order valence-corrected chi connectivity index (χ3v) is 7.40. The van der Waals surface area contributed by atoms with E-state index in [1.807, 2.05) is 0 Å². The van der Waals surface area contributed by atoms with Crippen molar-refractivity contribution in [3.05, 3.63) is 0 Å². The summed E-state index contributed by atoms with van der Waals surface area (Å²) in [5.74, 6) is 1.91. The molecule has 0 aromatic heterocycles. The quantitative estimate of drug-likeness (QED) is 0.642. The maximum atomic E-state index is 3.69. The summed E-state index contributed by atoms with van der Waals surface area (Å²) in [7, 11) is 0. The molecule has 0 spiro atoms. The van der Waals surface area contributed by atoms with Crippen molar-refractivity contribution in [2.75, 3.05) is 0 Å². The Morgan fingerprint density at radius 3 is 0.958 bits per heavy atom. The molecule has 4 aliphatic rings. The molecule has 4 atom stereocenters. The van der Waals surface area contributed by atoms with Gasteiger partial charge in [-0.15, -0.1) is 0 Å². The molecule has 4 aliphatic heterocycles. The van der Waals surface area contributed by atoms with Crippen molar-refractivity contribution in [3.8, 4) is 0 Å². The highest BCUT2D eigenvalue weighted by Crippen LogP contribution is 2.41. The molecule has 4 unspecified atom stereocenters. The van der Waals surface area contributed by atoms with E-state index < -0.39 is 0 Å². The van der Waals surface area contributed by atoms with Crippen molar-refractivity contribution in [1.29, 1.82) is 0 Å². The predicted molar refractivity (Wildman–Crippen MR) is 104 cm³/mol.